The van der Waals surface area contributed by atoms with Crippen LogP contribution in [0.15, 0.2) is 53.5 Å². The lowest BCUT2D eigenvalue weighted by Crippen LogP contribution is -2.14. The third-order valence-electron chi connectivity index (χ3n) is 4.34. The summed E-state index contributed by atoms with van der Waals surface area (Å²) in [6.07, 6.45) is 3.95. The Bertz CT molecular complexity index is 1040. The summed E-state index contributed by atoms with van der Waals surface area (Å²) in [6, 6.07) is 9.01. The molecule has 0 aliphatic rings. The van der Waals surface area contributed by atoms with Gasteiger partial charge in [0.25, 0.3) is 0 Å². The smallest absolute Gasteiger partial charge is 0.234 e. The molecule has 30 heavy (non-hydrogen) atoms. The number of carbonyl (C=O) groups is 2. The lowest BCUT2D eigenvalue weighted by Gasteiger charge is -2.08. The highest BCUT2D eigenvalue weighted by Gasteiger charge is 2.16. The van der Waals surface area contributed by atoms with E-state index in [-0.39, 0.29) is 17.4 Å². The SMILES string of the molecule is C=CCn1c(SCC(=O)Nc2ccc(C(C)=O)cc2)nnc1-c1csc(CCC)c1. The minimum atomic E-state index is -0.147. The van der Waals surface area contributed by atoms with Crippen LogP contribution in [0.5, 0.6) is 0 Å². The highest BCUT2D eigenvalue weighted by molar-refractivity contribution is 7.99. The van der Waals surface area contributed by atoms with Crippen molar-refractivity contribution in [1.29, 1.82) is 0 Å². The number of aryl methyl sites for hydroxylation is 1. The van der Waals surface area contributed by atoms with Crippen LogP contribution >= 0.6 is 23.1 Å². The Labute approximate surface area is 184 Å². The van der Waals surface area contributed by atoms with Crippen molar-refractivity contribution in [3.05, 3.63) is 58.8 Å². The Morgan fingerprint density at radius 2 is 2.03 bits per heavy atom. The van der Waals surface area contributed by atoms with Crippen molar-refractivity contribution in [2.45, 2.75) is 38.4 Å². The first-order chi connectivity index (χ1) is 14.5. The summed E-state index contributed by atoms with van der Waals surface area (Å²) in [4.78, 5) is 25.0. The molecule has 0 bridgehead atoms. The van der Waals surface area contributed by atoms with E-state index in [1.54, 1.807) is 41.7 Å². The molecule has 3 aromatic rings. The quantitative estimate of drug-likeness (QED) is 0.270. The Morgan fingerprint density at radius 1 is 1.27 bits per heavy atom. The van der Waals surface area contributed by atoms with Gasteiger partial charge in [-0.25, -0.2) is 0 Å². The van der Waals surface area contributed by atoms with Crippen molar-refractivity contribution in [3.63, 3.8) is 0 Å². The normalized spacial score (nSPS) is 10.7. The zero-order valence-corrected chi connectivity index (χ0v) is 18.7. The topological polar surface area (TPSA) is 76.9 Å². The van der Waals surface area contributed by atoms with Crippen LogP contribution in [0.25, 0.3) is 11.4 Å². The van der Waals surface area contributed by atoms with Gasteiger partial charge in [0.2, 0.25) is 5.91 Å². The molecule has 0 aliphatic heterocycles. The maximum absolute atomic E-state index is 12.4. The minimum Gasteiger partial charge on any atom is -0.325 e. The molecule has 0 unspecified atom stereocenters. The van der Waals surface area contributed by atoms with Crippen molar-refractivity contribution < 1.29 is 9.59 Å². The van der Waals surface area contributed by atoms with Gasteiger partial charge in [-0.05, 0) is 43.7 Å². The fourth-order valence-electron chi connectivity index (χ4n) is 2.89. The van der Waals surface area contributed by atoms with Crippen LogP contribution in [0.4, 0.5) is 5.69 Å². The molecule has 0 fully saturated rings. The number of rotatable bonds is 10. The standard InChI is InChI=1S/C22H24N4O2S2/c1-4-6-19-12-17(13-29-19)21-24-25-22(26(21)11-5-2)30-14-20(28)23-18-9-7-16(8-10-18)15(3)27/h5,7-10,12-13H,2,4,6,11,14H2,1,3H3,(H,23,28). The lowest BCUT2D eigenvalue weighted by atomic mass is 10.1. The van der Waals surface area contributed by atoms with Gasteiger partial charge in [0, 0.05) is 33.6 Å². The number of hydrogen-bond donors (Lipinski definition) is 1. The van der Waals surface area contributed by atoms with Crippen LogP contribution < -0.4 is 5.32 Å². The van der Waals surface area contributed by atoms with Crippen molar-refractivity contribution >= 4 is 40.5 Å². The van der Waals surface area contributed by atoms with E-state index in [2.05, 4.69) is 40.5 Å². The Kier molecular flexibility index (Phi) is 7.59. The molecule has 6 nitrogen and oxygen atoms in total. The van der Waals surface area contributed by atoms with Gasteiger partial charge in [-0.2, -0.15) is 0 Å². The third-order valence-corrected chi connectivity index (χ3v) is 6.31. The number of benzene rings is 1. The van der Waals surface area contributed by atoms with Crippen molar-refractivity contribution in [3.8, 4) is 11.4 Å². The van der Waals surface area contributed by atoms with Crippen LogP contribution in [0.3, 0.4) is 0 Å². The predicted octanol–water partition coefficient (Wildman–Crippen LogP) is 5.08. The van der Waals surface area contributed by atoms with Crippen LogP contribution in [-0.4, -0.2) is 32.2 Å². The first kappa shape index (κ1) is 22.0. The summed E-state index contributed by atoms with van der Waals surface area (Å²) in [7, 11) is 0. The van der Waals surface area contributed by atoms with E-state index in [1.165, 1.54) is 23.6 Å². The van der Waals surface area contributed by atoms with Gasteiger partial charge in [-0.15, -0.1) is 28.1 Å². The molecule has 0 aliphatic carbocycles. The molecule has 1 aromatic carbocycles. The summed E-state index contributed by atoms with van der Waals surface area (Å²) in [5, 5.41) is 14.3. The van der Waals surface area contributed by atoms with E-state index in [9.17, 15) is 9.59 Å². The first-order valence-electron chi connectivity index (χ1n) is 9.67. The van der Waals surface area contributed by atoms with Crippen LogP contribution in [0, 0.1) is 0 Å². The molecule has 0 radical (unpaired) electrons. The average Bonchev–Trinajstić information content (AvgIpc) is 3.34. The average molecular weight is 441 g/mol. The monoisotopic (exact) mass is 440 g/mol. The number of amides is 1. The van der Waals surface area contributed by atoms with E-state index in [0.717, 1.165) is 24.2 Å². The number of thioether (sulfide) groups is 1. The summed E-state index contributed by atoms with van der Waals surface area (Å²) < 4.78 is 1.98. The molecular formula is C22H24N4O2S2. The third kappa shape index (κ3) is 5.46. The van der Waals surface area contributed by atoms with E-state index in [4.69, 9.17) is 0 Å². The fraction of sp³-hybridized carbons (Fsp3) is 0.273. The maximum atomic E-state index is 12.4. The number of carbonyl (C=O) groups excluding carboxylic acids is 2. The second-order valence-electron chi connectivity index (χ2n) is 6.73. The molecule has 0 saturated heterocycles. The molecule has 2 aromatic heterocycles. The van der Waals surface area contributed by atoms with Crippen LogP contribution in [0.1, 0.15) is 35.5 Å². The van der Waals surface area contributed by atoms with Gasteiger partial charge in [-0.1, -0.05) is 31.2 Å². The van der Waals surface area contributed by atoms with Gasteiger partial charge in [0.15, 0.2) is 16.8 Å². The largest absolute Gasteiger partial charge is 0.325 e. The van der Waals surface area contributed by atoms with Crippen LogP contribution in [0.2, 0.25) is 0 Å². The number of hydrogen-bond acceptors (Lipinski definition) is 6. The van der Waals surface area contributed by atoms with E-state index < -0.39 is 0 Å². The number of nitrogens with one attached hydrogen (secondary N) is 1. The van der Waals surface area contributed by atoms with Crippen LogP contribution in [-0.2, 0) is 17.8 Å². The molecule has 3 rings (SSSR count). The number of Topliss-reactive ketones (excluding diaryl/α,β-unsaturated/α-hetero) is 1. The van der Waals surface area contributed by atoms with Crippen molar-refractivity contribution in [1.82, 2.24) is 14.8 Å². The van der Waals surface area contributed by atoms with Gasteiger partial charge in [0.1, 0.15) is 0 Å². The number of thiophene rings is 1. The number of anilines is 1. The molecule has 8 heteroatoms. The summed E-state index contributed by atoms with van der Waals surface area (Å²) in [5.74, 6) is 0.838. The number of allylic oxidation sites excluding steroid dienone is 1. The molecule has 1 N–H and O–H groups in total. The second-order valence-corrected chi connectivity index (χ2v) is 8.67. The van der Waals surface area contributed by atoms with Gasteiger partial charge < -0.3 is 5.32 Å². The molecule has 156 valence electrons. The highest BCUT2D eigenvalue weighted by atomic mass is 32.2. The number of ketones is 1. The molecule has 0 spiro atoms. The number of aromatic nitrogens is 3. The Hall–Kier alpha value is -2.71. The molecular weight excluding hydrogens is 416 g/mol. The van der Waals surface area contributed by atoms with E-state index in [0.29, 0.717) is 23.0 Å². The van der Waals surface area contributed by atoms with E-state index in [1.807, 2.05) is 4.57 Å². The molecule has 2 heterocycles. The lowest BCUT2D eigenvalue weighted by molar-refractivity contribution is -0.113. The summed E-state index contributed by atoms with van der Waals surface area (Å²) in [5.41, 5.74) is 2.31. The first-order valence-corrected chi connectivity index (χ1v) is 11.5. The highest BCUT2D eigenvalue weighted by Crippen LogP contribution is 2.28. The van der Waals surface area contributed by atoms with Crippen molar-refractivity contribution in [2.75, 3.05) is 11.1 Å². The fourth-order valence-corrected chi connectivity index (χ4v) is 4.61. The van der Waals surface area contributed by atoms with E-state index >= 15 is 0 Å². The molecule has 1 amide bonds. The summed E-state index contributed by atoms with van der Waals surface area (Å²) in [6.45, 7) is 8.07. The van der Waals surface area contributed by atoms with Gasteiger partial charge in [0.05, 0.1) is 5.75 Å². The van der Waals surface area contributed by atoms with Gasteiger partial charge >= 0.3 is 0 Å². The Balaban J connectivity index is 1.67. The van der Waals surface area contributed by atoms with Crippen molar-refractivity contribution in [2.24, 2.45) is 0 Å². The number of nitrogens with zero attached hydrogens (tertiary/aromatic N) is 3. The molecule has 0 atom stereocenters. The minimum absolute atomic E-state index is 0.00627. The zero-order chi connectivity index (χ0) is 21.5. The second kappa shape index (κ2) is 10.4. The van der Waals surface area contributed by atoms with Gasteiger partial charge in [-0.3, -0.25) is 14.2 Å². The summed E-state index contributed by atoms with van der Waals surface area (Å²) >= 11 is 3.06. The Morgan fingerprint density at radius 3 is 2.70 bits per heavy atom. The molecule has 0 saturated carbocycles. The maximum Gasteiger partial charge on any atom is 0.234 e. The predicted molar refractivity (Wildman–Crippen MR) is 123 cm³/mol. The zero-order valence-electron chi connectivity index (χ0n) is 17.1.